The van der Waals surface area contributed by atoms with E-state index in [2.05, 4.69) is 4.98 Å². The molecular formula is C13H14N2O5S2. The fourth-order valence-electron chi connectivity index (χ4n) is 2.40. The van der Waals surface area contributed by atoms with Crippen LogP contribution in [0.5, 0.6) is 0 Å². The quantitative estimate of drug-likeness (QED) is 0.876. The summed E-state index contributed by atoms with van der Waals surface area (Å²) < 4.78 is 32.2. The van der Waals surface area contributed by atoms with Crippen molar-refractivity contribution in [2.24, 2.45) is 0 Å². The molecule has 2 aromatic rings. The molecule has 1 aliphatic heterocycles. The monoisotopic (exact) mass is 342 g/mol. The Hall–Kier alpha value is -1.55. The first-order valence-corrected chi connectivity index (χ1v) is 8.92. The summed E-state index contributed by atoms with van der Waals surface area (Å²) in [5.74, 6) is -1.14. The number of nitrogens with zero attached hydrogens (tertiary/aromatic N) is 2. The third-order valence-electron chi connectivity index (χ3n) is 3.61. The zero-order valence-corrected chi connectivity index (χ0v) is 13.4. The van der Waals surface area contributed by atoms with Crippen molar-refractivity contribution in [1.29, 1.82) is 0 Å². The van der Waals surface area contributed by atoms with Crippen LogP contribution in [0.2, 0.25) is 0 Å². The highest BCUT2D eigenvalue weighted by Crippen LogP contribution is 2.32. The minimum Gasteiger partial charge on any atom is -0.479 e. The molecule has 0 radical (unpaired) electrons. The van der Waals surface area contributed by atoms with Crippen LogP contribution in [0.3, 0.4) is 0 Å². The van der Waals surface area contributed by atoms with E-state index in [0.29, 0.717) is 0 Å². The zero-order chi connectivity index (χ0) is 16.0. The Morgan fingerprint density at radius 3 is 2.86 bits per heavy atom. The van der Waals surface area contributed by atoms with Gasteiger partial charge in [-0.3, -0.25) is 0 Å². The molecule has 0 spiro atoms. The maximum atomic E-state index is 12.6. The number of thiazole rings is 1. The van der Waals surface area contributed by atoms with Crippen LogP contribution >= 0.6 is 11.3 Å². The molecule has 118 valence electrons. The number of aliphatic carboxylic acids is 1. The lowest BCUT2D eigenvalue weighted by molar-refractivity contribution is -0.181. The highest BCUT2D eigenvalue weighted by Gasteiger charge is 2.55. The van der Waals surface area contributed by atoms with Gasteiger partial charge in [-0.05, 0) is 25.1 Å². The Morgan fingerprint density at radius 2 is 2.23 bits per heavy atom. The molecule has 1 aliphatic rings. The topological polar surface area (TPSA) is 96.8 Å². The van der Waals surface area contributed by atoms with Gasteiger partial charge in [0.2, 0.25) is 10.0 Å². The second-order valence-corrected chi connectivity index (χ2v) is 7.81. The van der Waals surface area contributed by atoms with Crippen molar-refractivity contribution >= 4 is 37.5 Å². The molecule has 1 N–H and O–H groups in total. The normalized spacial score (nSPS) is 18.2. The molecule has 0 unspecified atom stereocenters. The fourth-order valence-corrected chi connectivity index (χ4v) is 4.76. The van der Waals surface area contributed by atoms with Gasteiger partial charge in [0.15, 0.2) is 5.60 Å². The number of hydrogen-bond acceptors (Lipinski definition) is 6. The predicted molar refractivity (Wildman–Crippen MR) is 80.4 cm³/mol. The number of carboxylic acid groups (broad SMARTS) is 1. The number of ether oxygens (including phenoxy) is 1. The third-order valence-corrected chi connectivity index (χ3v) is 6.19. The number of carbonyl (C=O) groups is 1. The van der Waals surface area contributed by atoms with E-state index in [4.69, 9.17) is 4.74 Å². The second-order valence-electron chi connectivity index (χ2n) is 4.99. The molecule has 1 fully saturated rings. The van der Waals surface area contributed by atoms with Crippen LogP contribution in [0, 0.1) is 0 Å². The number of benzene rings is 1. The summed E-state index contributed by atoms with van der Waals surface area (Å²) in [4.78, 5) is 15.5. The van der Waals surface area contributed by atoms with Gasteiger partial charge < -0.3 is 9.84 Å². The molecule has 3 rings (SSSR count). The van der Waals surface area contributed by atoms with Crippen LogP contribution in [-0.2, 0) is 19.6 Å². The highest BCUT2D eigenvalue weighted by molar-refractivity contribution is 7.89. The number of carboxylic acids is 1. The van der Waals surface area contributed by atoms with Gasteiger partial charge in [0.25, 0.3) is 0 Å². The van der Waals surface area contributed by atoms with Gasteiger partial charge in [-0.2, -0.15) is 4.31 Å². The number of rotatable bonds is 5. The Morgan fingerprint density at radius 1 is 1.50 bits per heavy atom. The number of sulfonamides is 1. The van der Waals surface area contributed by atoms with E-state index in [1.807, 2.05) is 0 Å². The number of aromatic nitrogens is 1. The van der Waals surface area contributed by atoms with Crippen LogP contribution in [0.1, 0.15) is 6.92 Å². The van der Waals surface area contributed by atoms with Crippen LogP contribution in [0.4, 0.5) is 0 Å². The summed E-state index contributed by atoms with van der Waals surface area (Å²) in [6, 6.07) is 4.69. The molecule has 1 saturated heterocycles. The summed E-state index contributed by atoms with van der Waals surface area (Å²) in [6.07, 6.45) is 0. The van der Waals surface area contributed by atoms with Gasteiger partial charge in [0.1, 0.15) is 0 Å². The van der Waals surface area contributed by atoms with Crippen LogP contribution in [0.25, 0.3) is 10.2 Å². The first-order chi connectivity index (χ1) is 10.4. The molecule has 22 heavy (non-hydrogen) atoms. The molecule has 0 atom stereocenters. The average molecular weight is 342 g/mol. The van der Waals surface area contributed by atoms with E-state index < -0.39 is 21.6 Å². The molecule has 0 saturated carbocycles. The van der Waals surface area contributed by atoms with Gasteiger partial charge in [-0.25, -0.2) is 18.2 Å². The van der Waals surface area contributed by atoms with E-state index in [1.54, 1.807) is 24.6 Å². The minimum atomic E-state index is -3.73. The van der Waals surface area contributed by atoms with Gasteiger partial charge in [0, 0.05) is 6.61 Å². The molecule has 0 amide bonds. The minimum absolute atomic E-state index is 0.139. The van der Waals surface area contributed by atoms with Crippen molar-refractivity contribution in [2.75, 3.05) is 19.7 Å². The molecule has 1 aromatic carbocycles. The van der Waals surface area contributed by atoms with Crippen LogP contribution in [-0.4, -0.2) is 54.1 Å². The molecule has 0 aliphatic carbocycles. The second kappa shape index (κ2) is 5.27. The maximum absolute atomic E-state index is 12.6. The van der Waals surface area contributed by atoms with Gasteiger partial charge in [-0.15, -0.1) is 11.3 Å². The standard InChI is InChI=1S/C13H14N2O5S2/c1-2-20-13(12(16)17)6-15(7-13)22(18,19)9-3-4-10-11(5-9)21-8-14-10/h3-5,8H,2,6-7H2,1H3,(H,16,17). The molecule has 0 bridgehead atoms. The predicted octanol–water partition coefficient (Wildman–Crippen LogP) is 1.16. The van der Waals surface area contributed by atoms with Gasteiger partial charge in [-0.1, -0.05) is 0 Å². The molecule has 7 nitrogen and oxygen atoms in total. The van der Waals surface area contributed by atoms with E-state index in [9.17, 15) is 18.3 Å². The third kappa shape index (κ3) is 2.30. The lowest BCUT2D eigenvalue weighted by Crippen LogP contribution is -2.68. The number of hydrogen-bond donors (Lipinski definition) is 1. The molecular weight excluding hydrogens is 328 g/mol. The Labute approximate surface area is 131 Å². The fraction of sp³-hybridized carbons (Fsp3) is 0.385. The molecule has 1 aromatic heterocycles. The van der Waals surface area contributed by atoms with E-state index >= 15 is 0 Å². The van der Waals surface area contributed by atoms with E-state index in [0.717, 1.165) is 14.5 Å². The largest absolute Gasteiger partial charge is 0.479 e. The SMILES string of the molecule is CCOC1(C(=O)O)CN(S(=O)(=O)c2ccc3ncsc3c2)C1. The van der Waals surface area contributed by atoms with Crippen LogP contribution in [0.15, 0.2) is 28.6 Å². The van der Waals surface area contributed by atoms with Crippen molar-refractivity contribution in [2.45, 2.75) is 17.4 Å². The summed E-state index contributed by atoms with van der Waals surface area (Å²) in [7, 11) is -3.73. The smallest absolute Gasteiger partial charge is 0.338 e. The summed E-state index contributed by atoms with van der Waals surface area (Å²) in [5, 5.41) is 9.23. The lowest BCUT2D eigenvalue weighted by Gasteiger charge is -2.45. The van der Waals surface area contributed by atoms with Crippen molar-refractivity contribution in [3.8, 4) is 0 Å². The van der Waals surface area contributed by atoms with Crippen molar-refractivity contribution < 1.29 is 23.1 Å². The average Bonchev–Trinajstić information content (AvgIpc) is 2.88. The first kappa shape index (κ1) is 15.3. The maximum Gasteiger partial charge on any atom is 0.338 e. The summed E-state index contributed by atoms with van der Waals surface area (Å²) in [5.41, 5.74) is 0.952. The van der Waals surface area contributed by atoms with Gasteiger partial charge in [0.05, 0.1) is 33.7 Å². The zero-order valence-electron chi connectivity index (χ0n) is 11.7. The van der Waals surface area contributed by atoms with Crippen molar-refractivity contribution in [3.63, 3.8) is 0 Å². The Balaban J connectivity index is 1.87. The Bertz CT molecular complexity index is 824. The first-order valence-electron chi connectivity index (χ1n) is 6.60. The highest BCUT2D eigenvalue weighted by atomic mass is 32.2. The van der Waals surface area contributed by atoms with Crippen LogP contribution < -0.4 is 0 Å². The van der Waals surface area contributed by atoms with E-state index in [-0.39, 0.29) is 24.6 Å². The number of fused-ring (bicyclic) bond motifs is 1. The van der Waals surface area contributed by atoms with Gasteiger partial charge >= 0.3 is 5.97 Å². The Kier molecular flexibility index (Phi) is 3.68. The van der Waals surface area contributed by atoms with Crippen molar-refractivity contribution in [1.82, 2.24) is 9.29 Å². The summed E-state index contributed by atoms with van der Waals surface area (Å²) in [6.45, 7) is 1.53. The molecule has 2 heterocycles. The summed E-state index contributed by atoms with van der Waals surface area (Å²) >= 11 is 1.35. The van der Waals surface area contributed by atoms with Crippen molar-refractivity contribution in [3.05, 3.63) is 23.7 Å². The lowest BCUT2D eigenvalue weighted by atomic mass is 9.97. The van der Waals surface area contributed by atoms with E-state index in [1.165, 1.54) is 17.4 Å². The molecule has 9 heteroatoms.